The number of halogens is 1. The quantitative estimate of drug-likeness (QED) is 0.572. The molecule has 24 heavy (non-hydrogen) atoms. The van der Waals surface area contributed by atoms with Crippen molar-refractivity contribution in [3.8, 4) is 11.3 Å². The van der Waals surface area contributed by atoms with Crippen molar-refractivity contribution in [3.63, 3.8) is 0 Å². The number of H-pyrrole nitrogens is 1. The van der Waals surface area contributed by atoms with E-state index in [0.717, 1.165) is 11.1 Å². The highest BCUT2D eigenvalue weighted by Gasteiger charge is 2.22. The second-order valence-corrected chi connectivity index (χ2v) is 6.19. The van der Waals surface area contributed by atoms with Gasteiger partial charge in [0.1, 0.15) is 5.82 Å². The van der Waals surface area contributed by atoms with Crippen molar-refractivity contribution in [2.24, 2.45) is 0 Å². The summed E-state index contributed by atoms with van der Waals surface area (Å²) in [6, 6.07) is 9.33. The maximum Gasteiger partial charge on any atom is 0.295 e. The Morgan fingerprint density at radius 1 is 1.25 bits per heavy atom. The van der Waals surface area contributed by atoms with Gasteiger partial charge in [0, 0.05) is 24.7 Å². The average Bonchev–Trinajstić information content (AvgIpc) is 3.26. The first kappa shape index (κ1) is 16.1. The summed E-state index contributed by atoms with van der Waals surface area (Å²) in [4.78, 5) is 26.1. The number of aromatic amines is 1. The number of ketones is 1. The third kappa shape index (κ3) is 3.26. The van der Waals surface area contributed by atoms with Crippen LogP contribution in [0.5, 0.6) is 0 Å². The SMILES string of the molecule is CN(Cc1cn[nH]c1-c1ccc(F)cc1)C(=O)C(=O)c1cccs1. The van der Waals surface area contributed by atoms with Crippen molar-refractivity contribution < 1.29 is 14.0 Å². The number of hydrogen-bond acceptors (Lipinski definition) is 4. The molecule has 0 saturated heterocycles. The molecule has 1 amide bonds. The maximum atomic E-state index is 13.1. The Balaban J connectivity index is 1.77. The number of aromatic nitrogens is 2. The fourth-order valence-corrected chi connectivity index (χ4v) is 2.97. The van der Waals surface area contributed by atoms with E-state index in [-0.39, 0.29) is 12.4 Å². The van der Waals surface area contributed by atoms with E-state index in [2.05, 4.69) is 10.2 Å². The smallest absolute Gasteiger partial charge is 0.295 e. The number of Topliss-reactive ketones (excluding diaryl/α,β-unsaturated/α-hetero) is 1. The lowest BCUT2D eigenvalue weighted by Crippen LogP contribution is -2.32. The highest BCUT2D eigenvalue weighted by molar-refractivity contribution is 7.12. The van der Waals surface area contributed by atoms with Gasteiger partial charge in [-0.1, -0.05) is 6.07 Å². The van der Waals surface area contributed by atoms with E-state index in [1.807, 2.05) is 0 Å². The zero-order valence-electron chi connectivity index (χ0n) is 12.8. The van der Waals surface area contributed by atoms with Crippen molar-refractivity contribution in [1.82, 2.24) is 15.1 Å². The molecule has 0 atom stereocenters. The van der Waals surface area contributed by atoms with E-state index in [1.165, 1.54) is 28.4 Å². The van der Waals surface area contributed by atoms with Gasteiger partial charge in [0.05, 0.1) is 16.8 Å². The van der Waals surface area contributed by atoms with Gasteiger partial charge in [0.15, 0.2) is 0 Å². The normalized spacial score (nSPS) is 10.6. The Morgan fingerprint density at radius 2 is 2.00 bits per heavy atom. The fourth-order valence-electron chi connectivity index (χ4n) is 2.31. The number of nitrogens with one attached hydrogen (secondary N) is 1. The highest BCUT2D eigenvalue weighted by Crippen LogP contribution is 2.22. The fraction of sp³-hybridized carbons (Fsp3) is 0.118. The average molecular weight is 343 g/mol. The number of hydrogen-bond donors (Lipinski definition) is 1. The van der Waals surface area contributed by atoms with E-state index < -0.39 is 11.7 Å². The zero-order valence-corrected chi connectivity index (χ0v) is 13.6. The van der Waals surface area contributed by atoms with Gasteiger partial charge in [-0.15, -0.1) is 11.3 Å². The van der Waals surface area contributed by atoms with Crippen molar-refractivity contribution in [3.05, 3.63) is 64.2 Å². The molecule has 7 heteroatoms. The van der Waals surface area contributed by atoms with Gasteiger partial charge in [0.25, 0.3) is 11.7 Å². The minimum absolute atomic E-state index is 0.221. The largest absolute Gasteiger partial charge is 0.334 e. The minimum Gasteiger partial charge on any atom is -0.334 e. The second kappa shape index (κ2) is 6.76. The van der Waals surface area contributed by atoms with Crippen LogP contribution in [0.4, 0.5) is 4.39 Å². The first-order valence-corrected chi connectivity index (χ1v) is 8.05. The number of rotatable bonds is 5. The molecule has 0 bridgehead atoms. The van der Waals surface area contributed by atoms with Gasteiger partial charge in [-0.05, 0) is 35.7 Å². The topological polar surface area (TPSA) is 66.1 Å². The number of amides is 1. The predicted octanol–water partition coefficient (Wildman–Crippen LogP) is 3.12. The standard InChI is InChI=1S/C17H14FN3O2S/c1-21(17(23)16(22)14-3-2-8-24-14)10-12-9-19-20-15(12)11-4-6-13(18)7-5-11/h2-9H,10H2,1H3,(H,19,20). The molecule has 2 heterocycles. The van der Waals surface area contributed by atoms with Crippen molar-refractivity contribution in [2.75, 3.05) is 7.05 Å². The van der Waals surface area contributed by atoms with Crippen LogP contribution in [0, 0.1) is 5.82 Å². The molecule has 0 aliphatic carbocycles. The molecule has 1 N–H and O–H groups in total. The van der Waals surface area contributed by atoms with Gasteiger partial charge >= 0.3 is 0 Å². The Morgan fingerprint density at radius 3 is 2.67 bits per heavy atom. The second-order valence-electron chi connectivity index (χ2n) is 5.24. The van der Waals surface area contributed by atoms with Crippen molar-refractivity contribution in [1.29, 1.82) is 0 Å². The lowest BCUT2D eigenvalue weighted by molar-refractivity contribution is -0.125. The summed E-state index contributed by atoms with van der Waals surface area (Å²) >= 11 is 1.24. The number of benzene rings is 1. The summed E-state index contributed by atoms with van der Waals surface area (Å²) in [6.45, 7) is 0.221. The molecule has 2 aromatic heterocycles. The van der Waals surface area contributed by atoms with E-state index in [9.17, 15) is 14.0 Å². The number of likely N-dealkylation sites (N-methyl/N-ethyl adjacent to an activating group) is 1. The minimum atomic E-state index is -0.580. The van der Waals surface area contributed by atoms with Crippen LogP contribution >= 0.6 is 11.3 Å². The first-order valence-electron chi connectivity index (χ1n) is 7.17. The number of nitrogens with zero attached hydrogens (tertiary/aromatic N) is 2. The molecule has 0 aliphatic heterocycles. The Kier molecular flexibility index (Phi) is 4.52. The molecule has 3 aromatic rings. The molecule has 0 unspecified atom stereocenters. The molecule has 3 rings (SSSR count). The van der Waals surface area contributed by atoms with Crippen LogP contribution in [-0.4, -0.2) is 33.8 Å². The summed E-state index contributed by atoms with van der Waals surface area (Å²) in [6.07, 6.45) is 1.60. The number of carbonyl (C=O) groups is 2. The summed E-state index contributed by atoms with van der Waals surface area (Å²) in [5.74, 6) is -1.43. The predicted molar refractivity (Wildman–Crippen MR) is 89.1 cm³/mol. The number of thiophene rings is 1. The van der Waals surface area contributed by atoms with E-state index >= 15 is 0 Å². The van der Waals surface area contributed by atoms with Gasteiger partial charge in [0.2, 0.25) is 0 Å². The summed E-state index contributed by atoms with van der Waals surface area (Å²) in [5, 5.41) is 8.59. The third-order valence-corrected chi connectivity index (χ3v) is 4.41. The first-order chi connectivity index (χ1) is 11.6. The molecule has 0 spiro atoms. The van der Waals surface area contributed by atoms with Crippen LogP contribution in [0.2, 0.25) is 0 Å². The van der Waals surface area contributed by atoms with Gasteiger partial charge < -0.3 is 4.90 Å². The summed E-state index contributed by atoms with van der Waals surface area (Å²) in [7, 11) is 1.56. The molecule has 0 saturated carbocycles. The molecular weight excluding hydrogens is 329 g/mol. The van der Waals surface area contributed by atoms with Gasteiger partial charge in [-0.2, -0.15) is 5.10 Å². The van der Waals surface area contributed by atoms with Crippen LogP contribution < -0.4 is 0 Å². The van der Waals surface area contributed by atoms with E-state index in [4.69, 9.17) is 0 Å². The molecule has 0 aliphatic rings. The maximum absolute atomic E-state index is 13.1. The van der Waals surface area contributed by atoms with E-state index in [0.29, 0.717) is 10.6 Å². The van der Waals surface area contributed by atoms with Gasteiger partial charge in [-0.3, -0.25) is 14.7 Å². The van der Waals surface area contributed by atoms with Crippen LogP contribution in [0.25, 0.3) is 11.3 Å². The van der Waals surface area contributed by atoms with Crippen molar-refractivity contribution >= 4 is 23.0 Å². The molecular formula is C17H14FN3O2S. The number of carbonyl (C=O) groups excluding carboxylic acids is 2. The monoisotopic (exact) mass is 343 g/mol. The van der Waals surface area contributed by atoms with E-state index in [1.54, 1.807) is 42.9 Å². The van der Waals surface area contributed by atoms with Crippen LogP contribution in [0.15, 0.2) is 48.0 Å². The molecule has 0 fully saturated rings. The summed E-state index contributed by atoms with van der Waals surface area (Å²) < 4.78 is 13.1. The highest BCUT2D eigenvalue weighted by atomic mass is 32.1. The lowest BCUT2D eigenvalue weighted by atomic mass is 10.1. The Hall–Kier alpha value is -2.80. The Labute approximate surface area is 141 Å². The molecule has 5 nitrogen and oxygen atoms in total. The van der Waals surface area contributed by atoms with Crippen LogP contribution in [0.3, 0.4) is 0 Å². The van der Waals surface area contributed by atoms with Crippen molar-refractivity contribution in [2.45, 2.75) is 6.54 Å². The zero-order chi connectivity index (χ0) is 17.1. The lowest BCUT2D eigenvalue weighted by Gasteiger charge is -2.16. The molecule has 0 radical (unpaired) electrons. The van der Waals surface area contributed by atoms with Crippen LogP contribution in [-0.2, 0) is 11.3 Å². The molecule has 1 aromatic carbocycles. The van der Waals surface area contributed by atoms with Gasteiger partial charge in [-0.25, -0.2) is 4.39 Å². The summed E-state index contributed by atoms with van der Waals surface area (Å²) in [5.41, 5.74) is 2.20. The Bertz CT molecular complexity index is 856. The molecule has 122 valence electrons. The van der Waals surface area contributed by atoms with Crippen LogP contribution in [0.1, 0.15) is 15.2 Å². The third-order valence-electron chi connectivity index (χ3n) is 3.54.